The number of alkyl halides is 6. The summed E-state index contributed by atoms with van der Waals surface area (Å²) in [6.07, 6.45) is -11.2. The molecular weight excluding hydrogens is 438 g/mol. The van der Waals surface area contributed by atoms with E-state index in [4.69, 9.17) is 4.74 Å². The zero-order valence-electron chi connectivity index (χ0n) is 17.0. The SMILES string of the molecule is O=C1NCc2c(OCc3ccc(CN(CCC(F)(F)F)CCC(F)(F)F)cc3)cccc21. The number of carbonyl (C=O) groups excluding carboxylic acids is 1. The van der Waals surface area contributed by atoms with Gasteiger partial charge in [0, 0.05) is 37.3 Å². The molecule has 0 unspecified atom stereocenters. The summed E-state index contributed by atoms with van der Waals surface area (Å²) < 4.78 is 81.0. The molecule has 4 nitrogen and oxygen atoms in total. The second kappa shape index (κ2) is 9.81. The lowest BCUT2D eigenvalue weighted by atomic mass is 10.1. The molecule has 2 aromatic rings. The summed E-state index contributed by atoms with van der Waals surface area (Å²) in [5.41, 5.74) is 2.73. The van der Waals surface area contributed by atoms with Gasteiger partial charge in [0.15, 0.2) is 0 Å². The standard InChI is InChI=1S/C22H22F6N2O2/c23-21(24,25)8-10-30(11-9-22(26,27)28)13-15-4-6-16(7-5-15)14-32-19-3-1-2-17-18(19)12-29-20(17)31/h1-7H,8-14H2,(H,29,31). The first-order chi connectivity index (χ1) is 15.0. The maximum Gasteiger partial charge on any atom is 0.390 e. The molecule has 1 aliphatic heterocycles. The number of nitrogens with one attached hydrogen (secondary N) is 1. The van der Waals surface area contributed by atoms with E-state index in [-0.39, 0.29) is 19.1 Å². The number of fused-ring (bicyclic) bond motifs is 1. The summed E-state index contributed by atoms with van der Waals surface area (Å²) >= 11 is 0. The second-order valence-electron chi connectivity index (χ2n) is 7.58. The van der Waals surface area contributed by atoms with Gasteiger partial charge in [-0.05, 0) is 23.3 Å². The molecule has 0 saturated heterocycles. The van der Waals surface area contributed by atoms with Crippen molar-refractivity contribution in [3.8, 4) is 5.75 Å². The lowest BCUT2D eigenvalue weighted by Gasteiger charge is -2.23. The van der Waals surface area contributed by atoms with E-state index >= 15 is 0 Å². The molecule has 1 aliphatic rings. The van der Waals surface area contributed by atoms with E-state index in [0.29, 0.717) is 23.4 Å². The average molecular weight is 460 g/mol. The predicted octanol–water partition coefficient (Wildman–Crippen LogP) is 5.22. The second-order valence-corrected chi connectivity index (χ2v) is 7.58. The number of nitrogens with zero attached hydrogens (tertiary/aromatic N) is 1. The Balaban J connectivity index is 1.59. The Labute approximate surface area is 181 Å². The van der Waals surface area contributed by atoms with Crippen LogP contribution in [0.3, 0.4) is 0 Å². The van der Waals surface area contributed by atoms with E-state index in [1.165, 1.54) is 0 Å². The number of hydrogen-bond acceptors (Lipinski definition) is 3. The topological polar surface area (TPSA) is 41.6 Å². The van der Waals surface area contributed by atoms with Crippen LogP contribution in [0.5, 0.6) is 5.75 Å². The van der Waals surface area contributed by atoms with Gasteiger partial charge in [0.2, 0.25) is 0 Å². The summed E-state index contributed by atoms with van der Waals surface area (Å²) in [4.78, 5) is 12.9. The number of ether oxygens (including phenoxy) is 1. The Bertz CT molecular complexity index is 907. The zero-order chi connectivity index (χ0) is 23.4. The minimum Gasteiger partial charge on any atom is -0.489 e. The van der Waals surface area contributed by atoms with Crippen molar-refractivity contribution >= 4 is 5.91 Å². The van der Waals surface area contributed by atoms with E-state index in [9.17, 15) is 31.1 Å². The van der Waals surface area contributed by atoms with Crippen molar-refractivity contribution in [3.63, 3.8) is 0 Å². The number of hydrogen-bond donors (Lipinski definition) is 1. The van der Waals surface area contributed by atoms with Gasteiger partial charge in [-0.1, -0.05) is 30.3 Å². The molecule has 1 amide bonds. The Morgan fingerprint density at radius 1 is 0.875 bits per heavy atom. The van der Waals surface area contributed by atoms with Crippen LogP contribution in [-0.2, 0) is 19.7 Å². The summed E-state index contributed by atoms with van der Waals surface area (Å²) in [7, 11) is 0. The number of carbonyl (C=O) groups is 1. The highest BCUT2D eigenvalue weighted by Crippen LogP contribution is 2.27. The Morgan fingerprint density at radius 2 is 1.47 bits per heavy atom. The van der Waals surface area contributed by atoms with Gasteiger partial charge in [0.05, 0.1) is 12.8 Å². The van der Waals surface area contributed by atoms with Crippen molar-refractivity contribution < 1.29 is 35.9 Å². The van der Waals surface area contributed by atoms with Crippen molar-refractivity contribution in [1.82, 2.24) is 10.2 Å². The maximum absolute atomic E-state index is 12.5. The van der Waals surface area contributed by atoms with Gasteiger partial charge in [0.25, 0.3) is 5.91 Å². The number of benzene rings is 2. The van der Waals surface area contributed by atoms with Gasteiger partial charge in [-0.25, -0.2) is 0 Å². The summed E-state index contributed by atoms with van der Waals surface area (Å²) in [5, 5.41) is 2.72. The monoisotopic (exact) mass is 460 g/mol. The van der Waals surface area contributed by atoms with Gasteiger partial charge < -0.3 is 10.1 Å². The van der Waals surface area contributed by atoms with E-state index in [1.807, 2.05) is 0 Å². The number of rotatable bonds is 9. The molecule has 0 spiro atoms. The van der Waals surface area contributed by atoms with Crippen molar-refractivity contribution in [2.75, 3.05) is 13.1 Å². The molecule has 0 aliphatic carbocycles. The van der Waals surface area contributed by atoms with Crippen molar-refractivity contribution in [3.05, 3.63) is 64.7 Å². The van der Waals surface area contributed by atoms with E-state index in [1.54, 1.807) is 42.5 Å². The lowest BCUT2D eigenvalue weighted by Crippen LogP contribution is -2.31. The zero-order valence-corrected chi connectivity index (χ0v) is 17.0. The number of halogens is 6. The van der Waals surface area contributed by atoms with Crippen LogP contribution in [0.15, 0.2) is 42.5 Å². The van der Waals surface area contributed by atoms with Crippen molar-refractivity contribution in [2.45, 2.75) is 44.9 Å². The highest BCUT2D eigenvalue weighted by atomic mass is 19.4. The quantitative estimate of drug-likeness (QED) is 0.522. The van der Waals surface area contributed by atoms with Crippen LogP contribution in [0, 0.1) is 0 Å². The third kappa shape index (κ3) is 7.15. The molecule has 32 heavy (non-hydrogen) atoms. The van der Waals surface area contributed by atoms with Crippen molar-refractivity contribution in [2.24, 2.45) is 0 Å². The van der Waals surface area contributed by atoms with E-state index in [2.05, 4.69) is 5.32 Å². The minimum absolute atomic E-state index is 0.0206. The van der Waals surface area contributed by atoms with Gasteiger partial charge in [-0.2, -0.15) is 26.3 Å². The molecule has 0 fully saturated rings. The molecule has 10 heteroatoms. The maximum atomic E-state index is 12.5. The number of amides is 1. The summed E-state index contributed by atoms with van der Waals surface area (Å²) in [6.45, 7) is -0.439. The fourth-order valence-electron chi connectivity index (χ4n) is 3.36. The highest BCUT2D eigenvalue weighted by molar-refractivity contribution is 5.99. The van der Waals surface area contributed by atoms with Crippen LogP contribution in [0.25, 0.3) is 0 Å². The molecule has 2 aromatic carbocycles. The van der Waals surface area contributed by atoms with E-state index in [0.717, 1.165) is 16.0 Å². The normalized spacial score (nSPS) is 13.9. The Kier molecular flexibility index (Phi) is 7.33. The third-order valence-corrected chi connectivity index (χ3v) is 5.05. The molecule has 1 heterocycles. The molecular formula is C22H22F6N2O2. The molecule has 3 rings (SSSR count). The molecule has 0 saturated carbocycles. The first-order valence-electron chi connectivity index (χ1n) is 9.97. The summed E-state index contributed by atoms with van der Waals surface area (Å²) in [6, 6.07) is 11.9. The van der Waals surface area contributed by atoms with Crippen LogP contribution in [0.1, 0.15) is 39.9 Å². The van der Waals surface area contributed by atoms with Crippen molar-refractivity contribution in [1.29, 1.82) is 0 Å². The first-order valence-corrected chi connectivity index (χ1v) is 9.97. The smallest absolute Gasteiger partial charge is 0.390 e. The molecule has 1 N–H and O–H groups in total. The molecule has 0 radical (unpaired) electrons. The average Bonchev–Trinajstić information content (AvgIpc) is 3.10. The largest absolute Gasteiger partial charge is 0.489 e. The summed E-state index contributed by atoms with van der Waals surface area (Å²) in [5.74, 6) is 0.422. The van der Waals surface area contributed by atoms with Crippen LogP contribution >= 0.6 is 0 Å². The van der Waals surface area contributed by atoms with Crippen LogP contribution in [-0.4, -0.2) is 36.2 Å². The minimum atomic E-state index is -4.44. The third-order valence-electron chi connectivity index (χ3n) is 5.05. The Hall–Kier alpha value is -2.75. The highest BCUT2D eigenvalue weighted by Gasteiger charge is 2.31. The van der Waals surface area contributed by atoms with Crippen LogP contribution in [0.2, 0.25) is 0 Å². The van der Waals surface area contributed by atoms with Gasteiger partial charge >= 0.3 is 12.4 Å². The van der Waals surface area contributed by atoms with E-state index < -0.39 is 38.3 Å². The van der Waals surface area contributed by atoms with Gasteiger partial charge in [-0.3, -0.25) is 9.69 Å². The predicted molar refractivity (Wildman–Crippen MR) is 105 cm³/mol. The molecule has 174 valence electrons. The molecule has 0 aromatic heterocycles. The lowest BCUT2D eigenvalue weighted by molar-refractivity contribution is -0.146. The van der Waals surface area contributed by atoms with Gasteiger partial charge in [-0.15, -0.1) is 0 Å². The molecule has 0 bridgehead atoms. The fraction of sp³-hybridized carbons (Fsp3) is 0.409. The van der Waals surface area contributed by atoms with Crippen LogP contribution < -0.4 is 10.1 Å². The molecule has 0 atom stereocenters. The van der Waals surface area contributed by atoms with Crippen LogP contribution in [0.4, 0.5) is 26.3 Å². The fourth-order valence-corrected chi connectivity index (χ4v) is 3.36. The van der Waals surface area contributed by atoms with Gasteiger partial charge in [0.1, 0.15) is 12.4 Å². The Morgan fingerprint density at radius 3 is 2.06 bits per heavy atom. The first kappa shape index (κ1) is 23.9.